The molecule has 5 N–H and O–H groups in total. The van der Waals surface area contributed by atoms with E-state index in [4.69, 9.17) is 33.6 Å². The summed E-state index contributed by atoms with van der Waals surface area (Å²) < 4.78 is 0.904. The van der Waals surface area contributed by atoms with Gasteiger partial charge in [0.05, 0.1) is 55.5 Å². The highest BCUT2D eigenvalue weighted by molar-refractivity contribution is 6.31. The van der Waals surface area contributed by atoms with Crippen molar-refractivity contribution in [3.63, 3.8) is 0 Å². The molecule has 0 aliphatic carbocycles. The Bertz CT molecular complexity index is 1350. The van der Waals surface area contributed by atoms with Gasteiger partial charge in [0, 0.05) is 12.8 Å². The van der Waals surface area contributed by atoms with Gasteiger partial charge in [-0.25, -0.2) is 9.97 Å². The third kappa shape index (κ3) is 8.55. The highest BCUT2D eigenvalue weighted by Gasteiger charge is 2.35. The third-order valence-corrected chi connectivity index (χ3v) is 7.89. The van der Waals surface area contributed by atoms with Crippen molar-refractivity contribution in [2.75, 3.05) is 37.6 Å². The van der Waals surface area contributed by atoms with Crippen molar-refractivity contribution in [2.24, 2.45) is 0 Å². The minimum absolute atomic E-state index is 0. The monoisotopic (exact) mass is 592 g/mol. The summed E-state index contributed by atoms with van der Waals surface area (Å²) in [4.78, 5) is 21.1. The van der Waals surface area contributed by atoms with E-state index in [0.29, 0.717) is 11.1 Å². The second kappa shape index (κ2) is 14.7. The van der Waals surface area contributed by atoms with Gasteiger partial charge in [-0.2, -0.15) is 10.5 Å². The number of nitrogens with zero attached hydrogens (tertiary/aromatic N) is 5. The van der Waals surface area contributed by atoms with Gasteiger partial charge in [-0.3, -0.25) is 4.79 Å². The Morgan fingerprint density at radius 2 is 1.46 bits per heavy atom. The van der Waals surface area contributed by atoms with Crippen LogP contribution in [0.3, 0.4) is 0 Å². The molecule has 2 aromatic carbocycles. The number of rotatable bonds is 10. The number of carbonyl (C=O) groups excluding carboxylic acids is 1. The maximum Gasteiger partial charge on any atom is 0.274 e. The van der Waals surface area contributed by atoms with Crippen molar-refractivity contribution in [3.05, 3.63) is 81.6 Å². The minimum Gasteiger partial charge on any atom is -1.00 e. The molecule has 1 aliphatic heterocycles. The van der Waals surface area contributed by atoms with Crippen LogP contribution in [-0.2, 0) is 12.8 Å². The van der Waals surface area contributed by atoms with E-state index in [0.717, 1.165) is 69.2 Å². The highest BCUT2D eigenvalue weighted by Crippen LogP contribution is 2.24. The van der Waals surface area contributed by atoms with Crippen LogP contribution in [0.4, 0.5) is 11.6 Å². The number of hydrogen-bond donors (Lipinski definition) is 3. The van der Waals surface area contributed by atoms with Gasteiger partial charge in [0.1, 0.15) is 0 Å². The zero-order valence-corrected chi connectivity index (χ0v) is 24.3. The molecule has 3 aromatic rings. The Hall–Kier alpha value is -3.89. The van der Waals surface area contributed by atoms with Gasteiger partial charge in [0.25, 0.3) is 5.91 Å². The van der Waals surface area contributed by atoms with E-state index in [1.807, 2.05) is 48.5 Å². The number of aryl methyl sites for hydroxylation is 2. The predicted molar refractivity (Wildman–Crippen MR) is 155 cm³/mol. The lowest BCUT2D eigenvalue weighted by molar-refractivity contribution is -0.933. The summed E-state index contributed by atoms with van der Waals surface area (Å²) in [6.45, 7) is 3.82. The van der Waals surface area contributed by atoms with Crippen molar-refractivity contribution in [3.8, 4) is 12.1 Å². The molecule has 11 heteroatoms. The molecule has 0 saturated carbocycles. The van der Waals surface area contributed by atoms with Crippen molar-refractivity contribution in [1.29, 1.82) is 10.5 Å². The molecule has 4 rings (SSSR count). The van der Waals surface area contributed by atoms with Crippen molar-refractivity contribution < 1.29 is 21.7 Å². The lowest BCUT2D eigenvalue weighted by Crippen LogP contribution is -3.00. The van der Waals surface area contributed by atoms with Gasteiger partial charge in [-0.1, -0.05) is 35.9 Å². The zero-order chi connectivity index (χ0) is 28.5. The Morgan fingerprint density at radius 3 is 1.98 bits per heavy atom. The van der Waals surface area contributed by atoms with Gasteiger partial charge < -0.3 is 33.7 Å². The lowest BCUT2D eigenvalue weighted by Gasteiger charge is -2.45. The number of benzene rings is 2. The molecule has 9 nitrogen and oxygen atoms in total. The van der Waals surface area contributed by atoms with Gasteiger partial charge in [0.2, 0.25) is 0 Å². The lowest BCUT2D eigenvalue weighted by atomic mass is 9.98. The summed E-state index contributed by atoms with van der Waals surface area (Å²) in [5, 5.41) is 21.2. The Balaban J connectivity index is 0.00000462. The fourth-order valence-electron chi connectivity index (χ4n) is 5.55. The first kappa shape index (κ1) is 31.6. The number of likely N-dealkylation sites (tertiary alicyclic amines) is 1. The number of carbonyl (C=O) groups is 1. The highest BCUT2D eigenvalue weighted by atomic mass is 35.5. The summed E-state index contributed by atoms with van der Waals surface area (Å²) >= 11 is 6.00. The van der Waals surface area contributed by atoms with E-state index in [-0.39, 0.29) is 40.9 Å². The van der Waals surface area contributed by atoms with E-state index in [9.17, 15) is 4.79 Å². The van der Waals surface area contributed by atoms with Gasteiger partial charge >= 0.3 is 0 Å². The molecule has 2 heterocycles. The van der Waals surface area contributed by atoms with E-state index in [1.54, 1.807) is 0 Å². The fourth-order valence-corrected chi connectivity index (χ4v) is 5.68. The molecule has 1 aromatic heterocycles. The van der Waals surface area contributed by atoms with Crippen LogP contribution >= 0.6 is 11.6 Å². The molecule has 1 aliphatic rings. The molecular formula is C30H34Cl2N8O. The van der Waals surface area contributed by atoms with E-state index < -0.39 is 5.91 Å². The molecule has 1 saturated heterocycles. The molecule has 1 unspecified atom stereocenters. The molecular weight excluding hydrogens is 559 g/mol. The van der Waals surface area contributed by atoms with Crippen LogP contribution in [0.25, 0.3) is 0 Å². The summed E-state index contributed by atoms with van der Waals surface area (Å²) in [5.41, 5.74) is 15.3. The SMILES string of the molecule is N#Cc1ccc(CCC[N+]2(CCCc3ccc(C#N)cc3)CCCC(NC(=O)c3nc(Cl)c(N)nc3N)C2)cc1.[Cl-]. The van der Waals surface area contributed by atoms with Crippen LogP contribution in [-0.4, -0.2) is 52.6 Å². The largest absolute Gasteiger partial charge is 1.00 e. The van der Waals surface area contributed by atoms with Gasteiger partial charge in [0.15, 0.2) is 22.5 Å². The number of amides is 1. The molecule has 1 amide bonds. The first-order chi connectivity index (χ1) is 19.3. The number of nitrogens with one attached hydrogen (secondary N) is 1. The number of nitriles is 2. The number of hydrogen-bond acceptors (Lipinski definition) is 7. The quantitative estimate of drug-likeness (QED) is 0.297. The van der Waals surface area contributed by atoms with Crippen molar-refractivity contribution in [1.82, 2.24) is 15.3 Å². The summed E-state index contributed by atoms with van der Waals surface area (Å²) in [6.07, 6.45) is 5.70. The first-order valence-electron chi connectivity index (χ1n) is 13.5. The average Bonchev–Trinajstić information content (AvgIpc) is 2.96. The van der Waals surface area contributed by atoms with Gasteiger partial charge in [-0.05, 0) is 61.1 Å². The van der Waals surface area contributed by atoms with Crippen molar-refractivity contribution >= 4 is 29.1 Å². The number of piperidine rings is 1. The molecule has 1 fully saturated rings. The summed E-state index contributed by atoms with van der Waals surface area (Å²) in [7, 11) is 0. The normalized spacial score (nSPS) is 15.6. The number of nitrogen functional groups attached to an aromatic ring is 2. The number of quaternary nitrogens is 1. The molecule has 1 atom stereocenters. The third-order valence-electron chi connectivity index (χ3n) is 7.61. The molecule has 0 bridgehead atoms. The van der Waals surface area contributed by atoms with E-state index in [1.165, 1.54) is 11.1 Å². The molecule has 41 heavy (non-hydrogen) atoms. The van der Waals surface area contributed by atoms with Crippen LogP contribution < -0.4 is 29.2 Å². The van der Waals surface area contributed by atoms with E-state index >= 15 is 0 Å². The van der Waals surface area contributed by atoms with Crippen LogP contribution in [0.15, 0.2) is 48.5 Å². The van der Waals surface area contributed by atoms with E-state index in [2.05, 4.69) is 27.4 Å². The smallest absolute Gasteiger partial charge is 0.274 e. The van der Waals surface area contributed by atoms with Crippen LogP contribution in [0, 0.1) is 22.7 Å². The van der Waals surface area contributed by atoms with Crippen LogP contribution in [0.2, 0.25) is 5.15 Å². The molecule has 214 valence electrons. The minimum atomic E-state index is -0.396. The summed E-state index contributed by atoms with van der Waals surface area (Å²) in [6, 6.07) is 19.8. The Morgan fingerprint density at radius 1 is 0.927 bits per heavy atom. The number of aromatic nitrogens is 2. The summed E-state index contributed by atoms with van der Waals surface area (Å²) in [5.74, 6) is -0.443. The maximum atomic E-state index is 13.1. The maximum absolute atomic E-state index is 13.1. The number of anilines is 2. The van der Waals surface area contributed by atoms with Crippen molar-refractivity contribution in [2.45, 2.75) is 44.6 Å². The number of nitrogens with two attached hydrogens (primary N) is 2. The average molecular weight is 594 g/mol. The second-order valence-corrected chi connectivity index (χ2v) is 10.8. The molecule has 0 spiro atoms. The zero-order valence-electron chi connectivity index (χ0n) is 22.8. The first-order valence-corrected chi connectivity index (χ1v) is 13.9. The standard InChI is InChI=1S/C30H33ClN8O.ClH/c31-27-29(35)38-28(34)26(37-27)30(40)36-25-6-3-17-39(20-25,15-1-4-21-7-11-23(18-32)12-8-21)16-2-5-22-9-13-24(19-33)14-10-22;/h7-14,25H,1-6,15-17,20H2,(H4-,34,35,36,38,40);1H. The fraction of sp³-hybridized carbons (Fsp3) is 0.367. The van der Waals surface area contributed by atoms with Crippen LogP contribution in [0.1, 0.15) is 58.4 Å². The van der Waals surface area contributed by atoms with Gasteiger partial charge in [-0.15, -0.1) is 0 Å². The Kier molecular flexibility index (Phi) is 11.3. The predicted octanol–water partition coefficient (Wildman–Crippen LogP) is 1.02. The topological polar surface area (TPSA) is 155 Å². The van der Waals surface area contributed by atoms with Crippen LogP contribution in [0.5, 0.6) is 0 Å². The number of halogens is 2. The second-order valence-electron chi connectivity index (χ2n) is 10.5. The molecule has 0 radical (unpaired) electrons. The Labute approximate surface area is 252 Å².